The second kappa shape index (κ2) is 6.89. The van der Waals surface area contributed by atoms with Crippen molar-refractivity contribution in [2.45, 2.75) is 32.5 Å². The van der Waals surface area contributed by atoms with Crippen molar-refractivity contribution in [2.24, 2.45) is 5.92 Å². The van der Waals surface area contributed by atoms with Crippen LogP contribution >= 0.6 is 0 Å². The number of terminal acetylenes is 1. The average molecular weight is 265 g/mol. The summed E-state index contributed by atoms with van der Waals surface area (Å²) in [7, 11) is 0. The SMILES string of the molecule is C#C[C@H]([C@@H](CC(=O)OCC)NC(C)=O)C(F)(F)F. The first-order chi connectivity index (χ1) is 8.22. The Balaban J connectivity index is 4.92. The highest BCUT2D eigenvalue weighted by atomic mass is 19.4. The molecule has 0 saturated heterocycles. The summed E-state index contributed by atoms with van der Waals surface area (Å²) < 4.78 is 42.4. The number of rotatable bonds is 5. The van der Waals surface area contributed by atoms with Crippen LogP contribution in [0.5, 0.6) is 0 Å². The van der Waals surface area contributed by atoms with Crippen molar-refractivity contribution in [1.82, 2.24) is 5.32 Å². The van der Waals surface area contributed by atoms with Gasteiger partial charge in [-0.3, -0.25) is 9.59 Å². The molecule has 0 aliphatic carbocycles. The molecule has 0 aliphatic rings. The summed E-state index contributed by atoms with van der Waals surface area (Å²) in [6.07, 6.45) is -0.511. The zero-order valence-electron chi connectivity index (χ0n) is 10.0. The first kappa shape index (κ1) is 16.3. The fraction of sp³-hybridized carbons (Fsp3) is 0.636. The third kappa shape index (κ3) is 5.57. The molecule has 4 nitrogen and oxygen atoms in total. The highest BCUT2D eigenvalue weighted by molar-refractivity contribution is 5.75. The van der Waals surface area contributed by atoms with Crippen LogP contribution in [0.2, 0.25) is 0 Å². The van der Waals surface area contributed by atoms with E-state index in [9.17, 15) is 22.8 Å². The van der Waals surface area contributed by atoms with E-state index >= 15 is 0 Å². The number of hydrogen-bond acceptors (Lipinski definition) is 3. The standard InChI is InChI=1S/C11H14F3NO3/c1-4-8(11(12,13)14)9(15-7(3)16)6-10(17)18-5-2/h1,8-9H,5-6H2,2-3H3,(H,15,16)/t8-,9-/m1/s1. The normalized spacial score (nSPS) is 14.2. The molecule has 7 heteroatoms. The monoisotopic (exact) mass is 265 g/mol. The number of nitrogens with one attached hydrogen (secondary N) is 1. The molecule has 0 bridgehead atoms. The van der Waals surface area contributed by atoms with E-state index in [1.165, 1.54) is 6.92 Å². The molecular formula is C11H14F3NO3. The van der Waals surface area contributed by atoms with Gasteiger partial charge in [-0.15, -0.1) is 6.42 Å². The number of ether oxygens (including phenoxy) is 1. The fourth-order valence-electron chi connectivity index (χ4n) is 1.35. The third-order valence-electron chi connectivity index (χ3n) is 2.02. The van der Waals surface area contributed by atoms with Gasteiger partial charge in [0.15, 0.2) is 0 Å². The summed E-state index contributed by atoms with van der Waals surface area (Å²) in [6.45, 7) is 2.61. The molecule has 0 aromatic carbocycles. The van der Waals surface area contributed by atoms with Crippen molar-refractivity contribution in [2.75, 3.05) is 6.61 Å². The lowest BCUT2D eigenvalue weighted by atomic mass is 9.97. The molecule has 0 aromatic rings. The largest absolute Gasteiger partial charge is 0.466 e. The Labute approximate surface area is 103 Å². The van der Waals surface area contributed by atoms with Gasteiger partial charge in [-0.05, 0) is 6.92 Å². The summed E-state index contributed by atoms with van der Waals surface area (Å²) in [6, 6.07) is -1.52. The number of carbonyl (C=O) groups is 2. The van der Waals surface area contributed by atoms with Gasteiger partial charge in [0, 0.05) is 6.92 Å². The topological polar surface area (TPSA) is 55.4 Å². The molecule has 0 radical (unpaired) electrons. The Kier molecular flexibility index (Phi) is 6.23. The number of esters is 1. The lowest BCUT2D eigenvalue weighted by Gasteiger charge is -2.24. The molecule has 2 atom stereocenters. The van der Waals surface area contributed by atoms with Gasteiger partial charge >= 0.3 is 12.1 Å². The van der Waals surface area contributed by atoms with E-state index in [1.807, 2.05) is 5.32 Å². The maximum Gasteiger partial charge on any atom is 0.404 e. The van der Waals surface area contributed by atoms with Crippen LogP contribution in [0.25, 0.3) is 0 Å². The van der Waals surface area contributed by atoms with E-state index in [0.717, 1.165) is 6.92 Å². The molecule has 1 N–H and O–H groups in total. The molecule has 1 amide bonds. The smallest absolute Gasteiger partial charge is 0.404 e. The molecule has 0 rings (SSSR count). The quantitative estimate of drug-likeness (QED) is 0.601. The summed E-state index contributed by atoms with van der Waals surface area (Å²) >= 11 is 0. The first-order valence-corrected chi connectivity index (χ1v) is 5.17. The van der Waals surface area contributed by atoms with Crippen LogP contribution in [0.1, 0.15) is 20.3 Å². The van der Waals surface area contributed by atoms with Crippen LogP contribution in [0.15, 0.2) is 0 Å². The summed E-state index contributed by atoms with van der Waals surface area (Å²) in [4.78, 5) is 22.0. The first-order valence-electron chi connectivity index (χ1n) is 5.17. The zero-order chi connectivity index (χ0) is 14.3. The summed E-state index contributed by atoms with van der Waals surface area (Å²) in [5, 5.41) is 2.02. The van der Waals surface area contributed by atoms with Crippen molar-refractivity contribution in [1.29, 1.82) is 0 Å². The van der Waals surface area contributed by atoms with E-state index in [1.54, 1.807) is 5.92 Å². The van der Waals surface area contributed by atoms with Crippen molar-refractivity contribution >= 4 is 11.9 Å². The Hall–Kier alpha value is -1.71. The molecule has 18 heavy (non-hydrogen) atoms. The van der Waals surface area contributed by atoms with E-state index in [2.05, 4.69) is 4.74 Å². The van der Waals surface area contributed by atoms with Gasteiger partial charge in [-0.25, -0.2) is 0 Å². The maximum atomic E-state index is 12.6. The van der Waals surface area contributed by atoms with Crippen molar-refractivity contribution < 1.29 is 27.5 Å². The van der Waals surface area contributed by atoms with E-state index in [0.29, 0.717) is 0 Å². The van der Waals surface area contributed by atoms with Crippen LogP contribution in [0.4, 0.5) is 13.2 Å². The summed E-state index contributed by atoms with van der Waals surface area (Å²) in [5.41, 5.74) is 0. The second-order valence-corrected chi connectivity index (χ2v) is 3.50. The van der Waals surface area contributed by atoms with Gasteiger partial charge in [-0.1, -0.05) is 5.92 Å². The highest BCUT2D eigenvalue weighted by Gasteiger charge is 2.44. The maximum absolute atomic E-state index is 12.6. The van der Waals surface area contributed by atoms with Crippen LogP contribution in [-0.4, -0.2) is 30.7 Å². The third-order valence-corrected chi connectivity index (χ3v) is 2.02. The Bertz CT molecular complexity index is 346. The Morgan fingerprint density at radius 1 is 1.44 bits per heavy atom. The minimum Gasteiger partial charge on any atom is -0.466 e. The van der Waals surface area contributed by atoms with Gasteiger partial charge in [0.05, 0.1) is 19.1 Å². The molecule has 102 valence electrons. The van der Waals surface area contributed by atoms with Crippen molar-refractivity contribution in [3.63, 3.8) is 0 Å². The van der Waals surface area contributed by atoms with Gasteiger partial charge in [0.25, 0.3) is 0 Å². The molecule has 0 aromatic heterocycles. The molecule has 0 heterocycles. The van der Waals surface area contributed by atoms with Crippen LogP contribution in [0, 0.1) is 18.3 Å². The lowest BCUT2D eigenvalue weighted by Crippen LogP contribution is -2.46. The average Bonchev–Trinajstić information content (AvgIpc) is 2.15. The van der Waals surface area contributed by atoms with E-state index in [4.69, 9.17) is 6.42 Å². The molecule has 0 fully saturated rings. The number of halogens is 3. The highest BCUT2D eigenvalue weighted by Crippen LogP contribution is 2.29. The fourth-order valence-corrected chi connectivity index (χ4v) is 1.35. The number of hydrogen-bond donors (Lipinski definition) is 1. The molecule has 0 spiro atoms. The molecule has 0 unspecified atom stereocenters. The molecule has 0 aliphatic heterocycles. The minimum atomic E-state index is -4.70. The second-order valence-electron chi connectivity index (χ2n) is 3.50. The van der Waals surface area contributed by atoms with Crippen molar-refractivity contribution in [3.8, 4) is 12.3 Å². The predicted molar refractivity (Wildman–Crippen MR) is 57.2 cm³/mol. The molecule has 0 saturated carbocycles. The zero-order valence-corrected chi connectivity index (χ0v) is 10.0. The number of alkyl halides is 3. The Morgan fingerprint density at radius 2 is 2.00 bits per heavy atom. The van der Waals surface area contributed by atoms with Gasteiger partial charge < -0.3 is 10.1 Å². The van der Waals surface area contributed by atoms with E-state index in [-0.39, 0.29) is 6.61 Å². The van der Waals surface area contributed by atoms with Gasteiger partial charge in [-0.2, -0.15) is 13.2 Å². The number of amides is 1. The predicted octanol–water partition coefficient (Wildman–Crippen LogP) is 1.26. The lowest BCUT2D eigenvalue weighted by molar-refractivity contribution is -0.169. The minimum absolute atomic E-state index is 0.0400. The molecular weight excluding hydrogens is 251 g/mol. The van der Waals surface area contributed by atoms with Crippen LogP contribution in [0.3, 0.4) is 0 Å². The summed E-state index contributed by atoms with van der Waals surface area (Å²) in [5.74, 6) is -2.23. The van der Waals surface area contributed by atoms with Gasteiger partial charge in [0.2, 0.25) is 5.91 Å². The Morgan fingerprint density at radius 3 is 2.33 bits per heavy atom. The van der Waals surface area contributed by atoms with E-state index < -0.39 is 36.4 Å². The van der Waals surface area contributed by atoms with Crippen molar-refractivity contribution in [3.05, 3.63) is 0 Å². The number of carbonyl (C=O) groups excluding carboxylic acids is 2. The van der Waals surface area contributed by atoms with Crippen LogP contribution < -0.4 is 5.32 Å². The van der Waals surface area contributed by atoms with Gasteiger partial charge in [0.1, 0.15) is 5.92 Å². The van der Waals surface area contributed by atoms with Crippen LogP contribution in [-0.2, 0) is 14.3 Å².